The number of fused-ring (bicyclic) bond motifs is 2. The lowest BCUT2D eigenvalue weighted by molar-refractivity contribution is -0.132. The molecule has 2 amide bonds. The average Bonchev–Trinajstić information content (AvgIpc) is 3.65. The van der Waals surface area contributed by atoms with E-state index in [1.165, 1.54) is 0 Å². The maximum Gasteiger partial charge on any atom is 0.410 e. The SMILES string of the molecule is COCCCN1CCOc2ccc(CO[C@H]3CN(C(=O)OCc4ccccc4)[C@H](CC(=O)N(C)Cc4c[nH]c5ccccc45)C[C@@H]3c3ccc(OC)cc3)cc21. The molecule has 1 fully saturated rings. The molecular formula is C45H52N4O7. The van der Waals surface area contributed by atoms with E-state index < -0.39 is 12.1 Å². The number of H-pyrrole nitrogens is 1. The summed E-state index contributed by atoms with van der Waals surface area (Å²) in [6.45, 7) is 4.17. The molecule has 4 aromatic carbocycles. The lowest BCUT2D eigenvalue weighted by atomic mass is 9.82. The standard InChI is InChI=1S/C45H52N4O7/c1-47(28-35-27-46-40-13-8-7-12-38(35)40)44(50)26-36-25-39(34-15-17-37(53-3)18-16-34)43(29-49(36)45(51)56-30-32-10-5-4-6-11-32)55-31-33-14-19-42-41(24-33)48(21-23-54-42)20-9-22-52-2/h4-8,10-19,24,27,36,39,43,46H,9,20-23,25-26,28-31H2,1-3H3/t36-,39+,43-/m0/s1. The van der Waals surface area contributed by atoms with E-state index in [-0.39, 0.29) is 37.5 Å². The van der Waals surface area contributed by atoms with Crippen molar-refractivity contribution < 1.29 is 33.3 Å². The molecule has 5 aromatic rings. The van der Waals surface area contributed by atoms with Gasteiger partial charge in [-0.25, -0.2) is 4.79 Å². The minimum atomic E-state index is -0.467. The van der Waals surface area contributed by atoms with Crippen LogP contribution in [0.4, 0.5) is 10.5 Å². The van der Waals surface area contributed by atoms with E-state index in [0.29, 0.717) is 32.8 Å². The van der Waals surface area contributed by atoms with Crippen molar-refractivity contribution in [2.24, 2.45) is 0 Å². The van der Waals surface area contributed by atoms with Crippen LogP contribution in [0.15, 0.2) is 103 Å². The molecule has 0 bridgehead atoms. The first-order valence-corrected chi connectivity index (χ1v) is 19.4. The highest BCUT2D eigenvalue weighted by Gasteiger charge is 2.41. The minimum absolute atomic E-state index is 0.0553. The van der Waals surface area contributed by atoms with Gasteiger partial charge in [-0.2, -0.15) is 0 Å². The van der Waals surface area contributed by atoms with Gasteiger partial charge in [0.15, 0.2) is 0 Å². The monoisotopic (exact) mass is 760 g/mol. The van der Waals surface area contributed by atoms with E-state index >= 15 is 0 Å². The van der Waals surface area contributed by atoms with Crippen LogP contribution in [0.1, 0.15) is 47.4 Å². The zero-order valence-electron chi connectivity index (χ0n) is 32.5. The Bertz CT molecular complexity index is 2050. The number of rotatable bonds is 15. The second-order valence-corrected chi connectivity index (χ2v) is 14.6. The van der Waals surface area contributed by atoms with Crippen LogP contribution in [-0.4, -0.2) is 93.0 Å². The van der Waals surface area contributed by atoms with Gasteiger partial charge in [0.05, 0.1) is 38.6 Å². The van der Waals surface area contributed by atoms with Gasteiger partial charge < -0.3 is 43.4 Å². The van der Waals surface area contributed by atoms with E-state index in [4.69, 9.17) is 23.7 Å². The number of amides is 2. The Hall–Kier alpha value is -5.52. The number of nitrogens with one attached hydrogen (secondary N) is 1. The number of aromatic nitrogens is 1. The van der Waals surface area contributed by atoms with Crippen LogP contribution in [0, 0.1) is 0 Å². The van der Waals surface area contributed by atoms with Crippen molar-refractivity contribution >= 4 is 28.6 Å². The van der Waals surface area contributed by atoms with Gasteiger partial charge in [-0.1, -0.05) is 66.7 Å². The second kappa shape index (κ2) is 18.4. The summed E-state index contributed by atoms with van der Waals surface area (Å²) < 4.78 is 29.5. The first kappa shape index (κ1) is 38.7. The number of hydrogen-bond acceptors (Lipinski definition) is 8. The predicted octanol–water partition coefficient (Wildman–Crippen LogP) is 7.54. The smallest absolute Gasteiger partial charge is 0.410 e. The molecule has 1 N–H and O–H groups in total. The van der Waals surface area contributed by atoms with Gasteiger partial charge in [0, 0.05) is 69.3 Å². The fourth-order valence-corrected chi connectivity index (χ4v) is 7.84. The number of ether oxygens (including phenoxy) is 5. The van der Waals surface area contributed by atoms with Gasteiger partial charge in [-0.3, -0.25) is 4.79 Å². The quantitative estimate of drug-likeness (QED) is 0.109. The third-order valence-electron chi connectivity index (χ3n) is 10.9. The normalized spacial score (nSPS) is 17.9. The fraction of sp³-hybridized carbons (Fsp3) is 0.378. The zero-order chi connectivity index (χ0) is 38.9. The number of nitrogens with zero attached hydrogens (tertiary/aromatic N) is 3. The van der Waals surface area contributed by atoms with E-state index in [1.54, 1.807) is 24.0 Å². The molecule has 2 aliphatic rings. The third-order valence-corrected chi connectivity index (χ3v) is 10.9. The van der Waals surface area contributed by atoms with Crippen molar-refractivity contribution in [1.29, 1.82) is 0 Å². The molecule has 7 rings (SSSR count). The number of benzene rings is 4. The maximum absolute atomic E-state index is 14.1. The van der Waals surface area contributed by atoms with E-state index in [2.05, 4.69) is 34.1 Å². The van der Waals surface area contributed by atoms with Crippen molar-refractivity contribution in [3.8, 4) is 11.5 Å². The summed E-state index contributed by atoms with van der Waals surface area (Å²) in [7, 11) is 5.19. The molecule has 56 heavy (non-hydrogen) atoms. The maximum atomic E-state index is 14.1. The lowest BCUT2D eigenvalue weighted by Gasteiger charge is -2.43. The van der Waals surface area contributed by atoms with Gasteiger partial charge in [0.2, 0.25) is 5.91 Å². The summed E-state index contributed by atoms with van der Waals surface area (Å²) in [5.41, 5.74) is 6.07. The van der Waals surface area contributed by atoms with Gasteiger partial charge in [-0.15, -0.1) is 0 Å². The van der Waals surface area contributed by atoms with Crippen LogP contribution in [-0.2, 0) is 38.8 Å². The lowest BCUT2D eigenvalue weighted by Crippen LogP contribution is -2.53. The van der Waals surface area contributed by atoms with Crippen LogP contribution in [0.3, 0.4) is 0 Å². The predicted molar refractivity (Wildman–Crippen MR) is 216 cm³/mol. The van der Waals surface area contributed by atoms with Crippen molar-refractivity contribution in [1.82, 2.24) is 14.8 Å². The molecule has 0 aliphatic carbocycles. The Kier molecular flexibility index (Phi) is 12.7. The Morgan fingerprint density at radius 2 is 1.73 bits per heavy atom. The molecule has 11 nitrogen and oxygen atoms in total. The molecule has 2 aliphatic heterocycles. The number of likely N-dealkylation sites (tertiary alicyclic amines) is 1. The van der Waals surface area contributed by atoms with E-state index in [9.17, 15) is 9.59 Å². The molecular weight excluding hydrogens is 709 g/mol. The van der Waals surface area contributed by atoms with Gasteiger partial charge in [0.25, 0.3) is 0 Å². The van der Waals surface area contributed by atoms with Crippen LogP contribution in [0.5, 0.6) is 11.5 Å². The molecule has 294 valence electrons. The largest absolute Gasteiger partial charge is 0.497 e. The Morgan fingerprint density at radius 1 is 0.929 bits per heavy atom. The number of hydrogen-bond donors (Lipinski definition) is 1. The molecule has 3 heterocycles. The van der Waals surface area contributed by atoms with Gasteiger partial charge in [-0.05, 0) is 65.4 Å². The first-order chi connectivity index (χ1) is 27.4. The summed E-state index contributed by atoms with van der Waals surface area (Å²) in [5, 5.41) is 1.08. The number of para-hydroxylation sites is 1. The molecule has 0 unspecified atom stereocenters. The van der Waals surface area contributed by atoms with Crippen molar-refractivity contribution in [3.63, 3.8) is 0 Å². The molecule has 0 spiro atoms. The highest BCUT2D eigenvalue weighted by Crippen LogP contribution is 2.38. The topological polar surface area (TPSA) is 106 Å². The highest BCUT2D eigenvalue weighted by atomic mass is 16.6. The molecule has 0 saturated carbocycles. The number of piperidine rings is 1. The first-order valence-electron chi connectivity index (χ1n) is 19.4. The number of aromatic amines is 1. The Balaban J connectivity index is 1.13. The van der Waals surface area contributed by atoms with Crippen LogP contribution < -0.4 is 14.4 Å². The molecule has 11 heteroatoms. The zero-order valence-corrected chi connectivity index (χ0v) is 32.5. The number of anilines is 1. The van der Waals surface area contributed by atoms with E-state index in [0.717, 1.165) is 69.9 Å². The Morgan fingerprint density at radius 3 is 2.54 bits per heavy atom. The summed E-state index contributed by atoms with van der Waals surface area (Å²) in [6, 6.07) is 31.5. The summed E-state index contributed by atoms with van der Waals surface area (Å²) >= 11 is 0. The number of carbonyl (C=O) groups is 2. The number of methoxy groups -OCH3 is 2. The fourth-order valence-electron chi connectivity index (χ4n) is 7.84. The van der Waals surface area contributed by atoms with Crippen molar-refractivity contribution in [3.05, 3.63) is 126 Å². The highest BCUT2D eigenvalue weighted by molar-refractivity contribution is 5.84. The summed E-state index contributed by atoms with van der Waals surface area (Å²) in [4.78, 5) is 37.2. The van der Waals surface area contributed by atoms with Crippen LogP contribution >= 0.6 is 0 Å². The van der Waals surface area contributed by atoms with Crippen molar-refractivity contribution in [2.75, 3.05) is 59.0 Å². The van der Waals surface area contributed by atoms with E-state index in [1.807, 2.05) is 86.0 Å². The summed E-state index contributed by atoms with van der Waals surface area (Å²) in [6.07, 6.45) is 2.68. The molecule has 1 saturated heterocycles. The molecule has 3 atom stereocenters. The number of carbonyl (C=O) groups excluding carboxylic acids is 2. The van der Waals surface area contributed by atoms with Gasteiger partial charge in [0.1, 0.15) is 24.7 Å². The Labute approximate surface area is 329 Å². The van der Waals surface area contributed by atoms with Crippen LogP contribution in [0.2, 0.25) is 0 Å². The third kappa shape index (κ3) is 9.29. The van der Waals surface area contributed by atoms with Gasteiger partial charge >= 0.3 is 6.09 Å². The second-order valence-electron chi connectivity index (χ2n) is 14.6. The molecule has 0 radical (unpaired) electrons. The van der Waals surface area contributed by atoms with Crippen molar-refractivity contribution in [2.45, 2.75) is 57.1 Å². The summed E-state index contributed by atoms with van der Waals surface area (Å²) in [5.74, 6) is 1.45. The minimum Gasteiger partial charge on any atom is -0.497 e. The molecule has 1 aromatic heterocycles. The average molecular weight is 761 g/mol. The van der Waals surface area contributed by atoms with Crippen LogP contribution in [0.25, 0.3) is 10.9 Å².